The van der Waals surface area contributed by atoms with Crippen molar-refractivity contribution in [3.8, 4) is 0 Å². The molecule has 4 N–H and O–H groups in total. The highest BCUT2D eigenvalue weighted by Gasteiger charge is 2.13. The number of hydrogen-bond acceptors (Lipinski definition) is 3. The number of nitrogens with two attached hydrogens (primary N) is 1. The van der Waals surface area contributed by atoms with Gasteiger partial charge in [0.2, 0.25) is 0 Å². The van der Waals surface area contributed by atoms with E-state index in [-0.39, 0.29) is 11.6 Å². The van der Waals surface area contributed by atoms with Gasteiger partial charge in [-0.15, -0.1) is 0 Å². The van der Waals surface area contributed by atoms with Crippen molar-refractivity contribution in [3.05, 3.63) is 23.8 Å². The Bertz CT molecular complexity index is 377. The van der Waals surface area contributed by atoms with Gasteiger partial charge in [0.05, 0.1) is 16.9 Å². The highest BCUT2D eigenvalue weighted by Crippen LogP contribution is 2.24. The Morgan fingerprint density at radius 2 is 2.25 bits per heavy atom. The van der Waals surface area contributed by atoms with Crippen LogP contribution in [0.5, 0.6) is 0 Å². The third-order valence-electron chi connectivity index (χ3n) is 2.44. The first-order valence-electron chi connectivity index (χ1n) is 5.44. The first-order valence-corrected chi connectivity index (χ1v) is 5.44. The molecule has 0 bridgehead atoms. The molecular formula is C12H18N2O2. The molecule has 1 aromatic carbocycles. The van der Waals surface area contributed by atoms with Crippen molar-refractivity contribution in [1.82, 2.24) is 0 Å². The topological polar surface area (TPSA) is 75.3 Å². The normalized spacial score (nSPS) is 12.1. The summed E-state index contributed by atoms with van der Waals surface area (Å²) in [6.45, 7) is 4.10. The third-order valence-corrected chi connectivity index (χ3v) is 2.44. The number of carboxylic acids is 1. The zero-order chi connectivity index (χ0) is 12.1. The van der Waals surface area contributed by atoms with Gasteiger partial charge in [0.1, 0.15) is 0 Å². The molecule has 0 radical (unpaired) electrons. The van der Waals surface area contributed by atoms with E-state index in [0.717, 1.165) is 12.8 Å². The molecule has 0 aliphatic heterocycles. The first-order chi connectivity index (χ1) is 7.56. The van der Waals surface area contributed by atoms with Crippen molar-refractivity contribution < 1.29 is 9.90 Å². The molecule has 4 heteroatoms. The molecule has 0 saturated carbocycles. The van der Waals surface area contributed by atoms with Crippen LogP contribution in [0.25, 0.3) is 0 Å². The lowest BCUT2D eigenvalue weighted by Crippen LogP contribution is -2.18. The molecule has 0 amide bonds. The van der Waals surface area contributed by atoms with Gasteiger partial charge < -0.3 is 16.2 Å². The molecule has 0 aliphatic carbocycles. The van der Waals surface area contributed by atoms with Crippen molar-refractivity contribution in [2.45, 2.75) is 32.7 Å². The van der Waals surface area contributed by atoms with Gasteiger partial charge in [-0.2, -0.15) is 0 Å². The molecule has 1 atom stereocenters. The van der Waals surface area contributed by atoms with Crippen LogP contribution in [0, 0.1) is 0 Å². The van der Waals surface area contributed by atoms with Crippen LogP contribution in [0.3, 0.4) is 0 Å². The summed E-state index contributed by atoms with van der Waals surface area (Å²) in [5.74, 6) is -0.960. The summed E-state index contributed by atoms with van der Waals surface area (Å²) in [5.41, 5.74) is 7.00. The second kappa shape index (κ2) is 5.39. The Labute approximate surface area is 95.5 Å². The zero-order valence-electron chi connectivity index (χ0n) is 9.66. The van der Waals surface area contributed by atoms with E-state index in [9.17, 15) is 4.79 Å². The smallest absolute Gasteiger partial charge is 0.337 e. The quantitative estimate of drug-likeness (QED) is 0.669. The summed E-state index contributed by atoms with van der Waals surface area (Å²) in [5, 5.41) is 12.2. The number of nitrogens with one attached hydrogen (secondary N) is 1. The van der Waals surface area contributed by atoms with Gasteiger partial charge in [0.25, 0.3) is 0 Å². The standard InChI is InChI=1S/C12H18N2O2/c1-3-5-8(2)14-11-9(12(15)16)6-4-7-10(11)13/h4,6-8,14H,3,5,13H2,1-2H3,(H,15,16). The van der Waals surface area contributed by atoms with Crippen LogP contribution in [-0.2, 0) is 0 Å². The molecule has 0 fully saturated rings. The molecule has 4 nitrogen and oxygen atoms in total. The Morgan fingerprint density at radius 3 is 2.81 bits per heavy atom. The van der Waals surface area contributed by atoms with Crippen molar-refractivity contribution in [2.75, 3.05) is 11.1 Å². The van der Waals surface area contributed by atoms with Crippen LogP contribution >= 0.6 is 0 Å². The van der Waals surface area contributed by atoms with E-state index in [0.29, 0.717) is 11.4 Å². The fourth-order valence-corrected chi connectivity index (χ4v) is 1.66. The number of benzene rings is 1. The second-order valence-corrected chi connectivity index (χ2v) is 3.91. The van der Waals surface area contributed by atoms with Crippen molar-refractivity contribution >= 4 is 17.3 Å². The number of para-hydroxylation sites is 1. The summed E-state index contributed by atoms with van der Waals surface area (Å²) in [4.78, 5) is 11.0. The highest BCUT2D eigenvalue weighted by atomic mass is 16.4. The monoisotopic (exact) mass is 222 g/mol. The molecule has 0 heterocycles. The second-order valence-electron chi connectivity index (χ2n) is 3.91. The maximum absolute atomic E-state index is 11.0. The van der Waals surface area contributed by atoms with Gasteiger partial charge >= 0.3 is 5.97 Å². The number of hydrogen-bond donors (Lipinski definition) is 3. The van der Waals surface area contributed by atoms with Crippen LogP contribution in [0.1, 0.15) is 37.0 Å². The van der Waals surface area contributed by atoms with Crippen LogP contribution < -0.4 is 11.1 Å². The van der Waals surface area contributed by atoms with Gasteiger partial charge in [-0.05, 0) is 25.5 Å². The van der Waals surface area contributed by atoms with Crippen LogP contribution in [0.15, 0.2) is 18.2 Å². The fourth-order valence-electron chi connectivity index (χ4n) is 1.66. The summed E-state index contributed by atoms with van der Waals surface area (Å²) in [6.07, 6.45) is 2.02. The molecular weight excluding hydrogens is 204 g/mol. The zero-order valence-corrected chi connectivity index (χ0v) is 9.66. The average Bonchev–Trinajstić information content (AvgIpc) is 2.21. The van der Waals surface area contributed by atoms with Gasteiger partial charge in [-0.25, -0.2) is 4.79 Å². The number of rotatable bonds is 5. The van der Waals surface area contributed by atoms with Crippen LogP contribution in [0.2, 0.25) is 0 Å². The molecule has 0 spiro atoms. The van der Waals surface area contributed by atoms with Crippen molar-refractivity contribution in [2.24, 2.45) is 0 Å². The van der Waals surface area contributed by atoms with E-state index >= 15 is 0 Å². The summed E-state index contributed by atoms with van der Waals surface area (Å²) >= 11 is 0. The van der Waals surface area contributed by atoms with E-state index < -0.39 is 5.97 Å². The molecule has 1 aromatic rings. The van der Waals surface area contributed by atoms with Crippen molar-refractivity contribution in [1.29, 1.82) is 0 Å². The summed E-state index contributed by atoms with van der Waals surface area (Å²) < 4.78 is 0. The van der Waals surface area contributed by atoms with Gasteiger partial charge in [0, 0.05) is 6.04 Å². The predicted molar refractivity (Wildman–Crippen MR) is 65.8 cm³/mol. The van der Waals surface area contributed by atoms with Crippen LogP contribution in [0.4, 0.5) is 11.4 Å². The SMILES string of the molecule is CCCC(C)Nc1c(N)cccc1C(=O)O. The fraction of sp³-hybridized carbons (Fsp3) is 0.417. The number of carbonyl (C=O) groups is 1. The Kier molecular flexibility index (Phi) is 4.17. The molecule has 1 unspecified atom stereocenters. The number of aromatic carboxylic acids is 1. The molecule has 0 saturated heterocycles. The molecule has 0 aliphatic rings. The Balaban J connectivity index is 2.97. The van der Waals surface area contributed by atoms with Gasteiger partial charge in [-0.1, -0.05) is 19.4 Å². The number of nitrogen functional groups attached to an aromatic ring is 1. The molecule has 1 rings (SSSR count). The minimum atomic E-state index is -0.960. The Hall–Kier alpha value is -1.71. The minimum absolute atomic E-state index is 0.216. The minimum Gasteiger partial charge on any atom is -0.478 e. The summed E-state index contributed by atoms with van der Waals surface area (Å²) in [7, 11) is 0. The highest BCUT2D eigenvalue weighted by molar-refractivity contribution is 5.97. The number of carboxylic acid groups (broad SMARTS) is 1. The van der Waals surface area contributed by atoms with E-state index in [1.54, 1.807) is 18.2 Å². The van der Waals surface area contributed by atoms with Crippen LogP contribution in [-0.4, -0.2) is 17.1 Å². The molecule has 88 valence electrons. The lowest BCUT2D eigenvalue weighted by Gasteiger charge is -2.17. The van der Waals surface area contributed by atoms with Gasteiger partial charge in [0.15, 0.2) is 0 Å². The Morgan fingerprint density at radius 1 is 1.56 bits per heavy atom. The predicted octanol–water partition coefficient (Wildman–Crippen LogP) is 2.57. The third kappa shape index (κ3) is 2.89. The molecule has 0 aromatic heterocycles. The van der Waals surface area contributed by atoms with E-state index in [1.165, 1.54) is 0 Å². The van der Waals surface area contributed by atoms with E-state index in [4.69, 9.17) is 10.8 Å². The van der Waals surface area contributed by atoms with Crippen molar-refractivity contribution in [3.63, 3.8) is 0 Å². The number of anilines is 2. The van der Waals surface area contributed by atoms with Gasteiger partial charge in [-0.3, -0.25) is 0 Å². The average molecular weight is 222 g/mol. The van der Waals surface area contributed by atoms with E-state index in [1.807, 2.05) is 6.92 Å². The maximum atomic E-state index is 11.0. The maximum Gasteiger partial charge on any atom is 0.337 e. The first kappa shape index (κ1) is 12.4. The lowest BCUT2D eigenvalue weighted by molar-refractivity contribution is 0.0698. The summed E-state index contributed by atoms with van der Waals surface area (Å²) in [6, 6.07) is 5.12. The largest absolute Gasteiger partial charge is 0.478 e. The molecule has 16 heavy (non-hydrogen) atoms. The van der Waals surface area contributed by atoms with E-state index in [2.05, 4.69) is 12.2 Å². The lowest BCUT2D eigenvalue weighted by atomic mass is 10.1.